The number of non-ortho nitro benzene ring substituents is 3. The van der Waals surface area contributed by atoms with Crippen LogP contribution in [0.4, 0.5) is 67.0 Å². The number of rotatable bonds is 15. The van der Waals surface area contributed by atoms with E-state index in [9.17, 15) is 39.8 Å². The number of nitrogens with two attached hydrogens (primary N) is 3. The quantitative estimate of drug-likeness (QED) is 0.0151. The zero-order valence-corrected chi connectivity index (χ0v) is 68.4. The molecule has 9 fully saturated rings. The van der Waals surface area contributed by atoms with E-state index in [1.54, 1.807) is 24.3 Å². The minimum absolute atomic E-state index is 0. The number of alkyl halides is 1. The van der Waals surface area contributed by atoms with Gasteiger partial charge in [0.2, 0.25) is 0 Å². The van der Waals surface area contributed by atoms with Gasteiger partial charge in [0.25, 0.3) is 17.1 Å². The van der Waals surface area contributed by atoms with Crippen LogP contribution in [0.5, 0.6) is 0 Å². The number of nitrogens with zero attached hydrogens (tertiary/aromatic N) is 12. The third kappa shape index (κ3) is 40.4. The van der Waals surface area contributed by atoms with Crippen molar-refractivity contribution in [2.45, 2.75) is 86.1 Å². The number of morpholine rings is 2. The number of nitrogen functional groups attached to an aromatic ring is 3. The SMILES string of the molecule is C.C.C.C1CC(N2CCOCC2)CCN1.CO.C[C@@H](O)CN1CCN(c2ccc(N)cc2)CC1.C[C@H]1CO1.Nc1ccc(N2CCN(CCO)CC2)cc1.Nc1cccc(N2CCC(N3CCOCC3)CC2)c1.O=[N+]([O-])c1ccc(N2CCNCC2)cc1.O=[N+]([O-])c1ccc(N2CCNCC2)cc1.O=[N+]([O-])c1cccc(F)c1.OCCBr. The van der Waals surface area contributed by atoms with Crippen molar-refractivity contribution >= 4 is 78.5 Å². The van der Waals surface area contributed by atoms with Gasteiger partial charge in [-0.15, -0.1) is 0 Å². The molecule has 6 aromatic carbocycles. The van der Waals surface area contributed by atoms with Crippen LogP contribution in [-0.2, 0) is 14.2 Å². The third-order valence-electron chi connectivity index (χ3n) is 20.0. The molecule has 9 aliphatic heterocycles. The molecule has 0 saturated carbocycles. The number of nitrogens with one attached hydrogen (secondary N) is 3. The van der Waals surface area contributed by atoms with Crippen molar-refractivity contribution in [1.29, 1.82) is 0 Å². The first-order chi connectivity index (χ1) is 55.3. The standard InChI is InChI=1S/C15H23N3O.C13H21N3O.C12H19N3O.2C10H13N3O2.C9H18N2O.C6H4FNO2.C3H6O.C2H5BrO.CH4O.3CH4/c16-13-2-1-3-15(12-13)17-6-4-14(5-7-17)18-8-10-19-11-9-18;1-11(17)10-15-6-8-16(9-7-15)13-4-2-12(14)3-5-13;13-11-1-3-12(4-2-11)15-7-5-14(6-8-15)9-10-16;2*14-13(15)10-3-1-9(2-4-10)12-7-5-11-6-8-12;1-3-10-4-2-9(1)11-5-7-12-8-6-11;7-5-2-1-3-6(4-5)8(9)10;1-3-2-4-3;3-1-2-4;1-2;;;/h1-3,12,14H,4-11,16H2;2-5,11,17H,6-10,14H2,1H3;1-4,16H,5-10,13H2;2*1-4,11H,5-8H2;9-10H,1-8H2;1-4H;3H,2H2,1H3;4H,1-2H2;2H,1H3;3*1H4/t;11-;;;;;;3-;;;;;/m.1.....0...../s1. The van der Waals surface area contributed by atoms with Gasteiger partial charge in [0.05, 0.1) is 79.3 Å². The van der Waals surface area contributed by atoms with Crippen molar-refractivity contribution < 1.29 is 53.8 Å². The highest BCUT2D eigenvalue weighted by molar-refractivity contribution is 9.09. The number of epoxide rings is 1. The number of piperidine rings is 2. The third-order valence-corrected chi connectivity index (χ3v) is 20.4. The van der Waals surface area contributed by atoms with Crippen LogP contribution in [0.2, 0.25) is 0 Å². The molecule has 13 N–H and O–H groups in total. The molecule has 33 heteroatoms. The monoisotopic (exact) mass is 1700 g/mol. The van der Waals surface area contributed by atoms with Gasteiger partial charge in [-0.1, -0.05) is 50.3 Å². The highest BCUT2D eigenvalue weighted by atomic mass is 79.9. The smallest absolute Gasteiger partial charge is 0.272 e. The summed E-state index contributed by atoms with van der Waals surface area (Å²) in [5.41, 5.74) is 25.6. The fourth-order valence-electron chi connectivity index (χ4n) is 13.7. The van der Waals surface area contributed by atoms with Crippen LogP contribution < -0.4 is 57.7 Å². The number of hydrogen-bond acceptors (Lipinski definition) is 28. The highest BCUT2D eigenvalue weighted by Crippen LogP contribution is 2.27. The first-order valence-corrected chi connectivity index (χ1v) is 40.8. The molecule has 0 aromatic heterocycles. The summed E-state index contributed by atoms with van der Waals surface area (Å²) in [5, 5.41) is 74.6. The Labute approximate surface area is 702 Å². The van der Waals surface area contributed by atoms with Crippen LogP contribution in [-0.4, -0.2) is 308 Å². The minimum Gasteiger partial charge on any atom is -0.400 e. The van der Waals surface area contributed by atoms with Gasteiger partial charge in [0, 0.05) is 257 Å². The van der Waals surface area contributed by atoms with Gasteiger partial charge in [-0.2, -0.15) is 0 Å². The molecule has 0 unspecified atom stereocenters. The number of ether oxygens (including phenoxy) is 3. The molecular weight excluding hydrogens is 1570 g/mol. The molecule has 0 aliphatic carbocycles. The van der Waals surface area contributed by atoms with E-state index in [1.807, 2.05) is 67.6 Å². The van der Waals surface area contributed by atoms with Crippen molar-refractivity contribution in [3.8, 4) is 0 Å². The van der Waals surface area contributed by atoms with Gasteiger partial charge in [0.15, 0.2) is 0 Å². The Bertz CT molecular complexity index is 3450. The number of aliphatic hydroxyl groups is 4. The molecular formula is C84H138BrFN18O13. The van der Waals surface area contributed by atoms with Crippen molar-refractivity contribution in [2.24, 2.45) is 0 Å². The molecule has 0 bridgehead atoms. The number of aliphatic hydroxyl groups excluding tert-OH is 4. The molecule has 2 atom stereocenters. The second kappa shape index (κ2) is 59.4. The average molecular weight is 1710 g/mol. The fraction of sp³-hybridized carbons (Fsp3) is 0.571. The number of benzene rings is 6. The summed E-state index contributed by atoms with van der Waals surface area (Å²) in [6, 6.07) is 43.8. The molecule has 0 radical (unpaired) electrons. The molecule has 15 rings (SSSR count). The Morgan fingerprint density at radius 1 is 0.462 bits per heavy atom. The van der Waals surface area contributed by atoms with Gasteiger partial charge in [-0.25, -0.2) is 4.39 Å². The topological polar surface area (TPSA) is 385 Å². The zero-order chi connectivity index (χ0) is 82.2. The van der Waals surface area contributed by atoms with E-state index < -0.39 is 10.7 Å². The van der Waals surface area contributed by atoms with E-state index in [0.717, 1.165) is 250 Å². The van der Waals surface area contributed by atoms with E-state index in [-0.39, 0.29) is 68.5 Å². The lowest BCUT2D eigenvalue weighted by Crippen LogP contribution is -2.49. The zero-order valence-electron chi connectivity index (χ0n) is 66.9. The second-order valence-electron chi connectivity index (χ2n) is 28.3. The van der Waals surface area contributed by atoms with Gasteiger partial charge in [-0.05, 0) is 150 Å². The maximum atomic E-state index is 12.2. The summed E-state index contributed by atoms with van der Waals surface area (Å²) >= 11 is 3.00. The van der Waals surface area contributed by atoms with Crippen molar-refractivity contribution in [3.63, 3.8) is 0 Å². The fourth-order valence-corrected chi connectivity index (χ4v) is 13.7. The summed E-state index contributed by atoms with van der Waals surface area (Å²) in [5.74, 6) is -0.589. The van der Waals surface area contributed by atoms with Gasteiger partial charge < -0.3 is 92.3 Å². The molecule has 9 heterocycles. The Balaban J connectivity index is 0.000000346. The summed E-state index contributed by atoms with van der Waals surface area (Å²) in [6.45, 7) is 35.6. The predicted octanol–water partition coefficient (Wildman–Crippen LogP) is 8.83. The number of nitro groups is 3. The normalized spacial score (nSPS) is 18.5. The summed E-state index contributed by atoms with van der Waals surface area (Å²) in [4.78, 5) is 50.9. The summed E-state index contributed by atoms with van der Waals surface area (Å²) in [7, 11) is 1.00. The van der Waals surface area contributed by atoms with Crippen LogP contribution >= 0.6 is 15.9 Å². The van der Waals surface area contributed by atoms with Gasteiger partial charge in [-0.3, -0.25) is 49.9 Å². The minimum atomic E-state index is -0.636. The van der Waals surface area contributed by atoms with Crippen LogP contribution in [0.15, 0.2) is 146 Å². The number of hydrogen-bond donors (Lipinski definition) is 10. The maximum absolute atomic E-state index is 12.2. The molecule has 6 aromatic rings. The molecule has 0 spiro atoms. The van der Waals surface area contributed by atoms with Crippen LogP contribution in [0, 0.1) is 36.2 Å². The van der Waals surface area contributed by atoms with Crippen LogP contribution in [0.1, 0.15) is 61.8 Å². The van der Waals surface area contributed by atoms with Crippen molar-refractivity contribution in [1.82, 2.24) is 35.6 Å². The molecule has 9 aliphatic rings. The molecule has 9 saturated heterocycles. The number of halogens is 2. The lowest BCUT2D eigenvalue weighted by atomic mass is 10.0. The van der Waals surface area contributed by atoms with E-state index in [2.05, 4.69) is 119 Å². The van der Waals surface area contributed by atoms with Gasteiger partial charge >= 0.3 is 0 Å². The largest absolute Gasteiger partial charge is 0.400 e. The first kappa shape index (κ1) is 103. The number of piperazine rings is 4. The summed E-state index contributed by atoms with van der Waals surface area (Å²) < 4.78 is 27.7. The van der Waals surface area contributed by atoms with E-state index >= 15 is 0 Å². The average Bonchev–Trinajstić information content (AvgIpc) is 1.87. The number of anilines is 8. The molecule has 117 heavy (non-hydrogen) atoms. The van der Waals surface area contributed by atoms with Gasteiger partial charge in [0.1, 0.15) is 5.82 Å². The predicted molar refractivity (Wildman–Crippen MR) is 479 cm³/mol. The van der Waals surface area contributed by atoms with Crippen molar-refractivity contribution in [3.05, 3.63) is 182 Å². The van der Waals surface area contributed by atoms with Crippen LogP contribution in [0.3, 0.4) is 0 Å². The Hall–Kier alpha value is -8.23. The lowest BCUT2D eigenvalue weighted by molar-refractivity contribution is -0.385. The Morgan fingerprint density at radius 2 is 0.812 bits per heavy atom. The number of nitro benzene ring substituents is 3. The van der Waals surface area contributed by atoms with Crippen molar-refractivity contribution in [2.75, 3.05) is 271 Å². The summed E-state index contributed by atoms with van der Waals surface area (Å²) in [6.07, 6.45) is 5.47. The number of β-amino-alcohol motifs (C(OH)–C–C–N with tert-alkyl or cyclic N) is 2. The van der Waals surface area contributed by atoms with E-state index in [0.29, 0.717) is 11.4 Å². The molecule has 656 valence electrons. The molecule has 0 amide bonds. The van der Waals surface area contributed by atoms with E-state index in [1.165, 1.54) is 68.0 Å². The molecule has 31 nitrogen and oxygen atoms in total. The Morgan fingerprint density at radius 3 is 1.15 bits per heavy atom. The first-order valence-electron chi connectivity index (χ1n) is 39.7. The lowest BCUT2D eigenvalue weighted by Gasteiger charge is -2.40. The highest BCUT2D eigenvalue weighted by Gasteiger charge is 2.27. The second-order valence-corrected chi connectivity index (χ2v) is 29.1. The van der Waals surface area contributed by atoms with Crippen LogP contribution in [0.25, 0.3) is 0 Å². The Kier molecular flexibility index (Phi) is 52.3. The maximum Gasteiger partial charge on any atom is 0.272 e. The van der Waals surface area contributed by atoms with E-state index in [4.69, 9.17) is 46.7 Å².